The summed E-state index contributed by atoms with van der Waals surface area (Å²) in [5.41, 5.74) is -0.0384. The second-order valence-electron chi connectivity index (χ2n) is 5.67. The van der Waals surface area contributed by atoms with E-state index in [9.17, 15) is 14.3 Å². The van der Waals surface area contributed by atoms with Gasteiger partial charge < -0.3 is 9.47 Å². The zero-order chi connectivity index (χ0) is 21.6. The van der Waals surface area contributed by atoms with Gasteiger partial charge in [-0.15, -0.1) is 0 Å². The number of methoxy groups -OCH3 is 2. The third kappa shape index (κ3) is 5.50. The van der Waals surface area contributed by atoms with Gasteiger partial charge in [0.2, 0.25) is 5.88 Å². The van der Waals surface area contributed by atoms with Crippen LogP contribution in [0.15, 0.2) is 40.1 Å². The van der Waals surface area contributed by atoms with Crippen LogP contribution in [0.3, 0.4) is 0 Å². The Morgan fingerprint density at radius 3 is 2.59 bits per heavy atom. The van der Waals surface area contributed by atoms with Crippen LogP contribution in [0.5, 0.6) is 11.6 Å². The summed E-state index contributed by atoms with van der Waals surface area (Å²) in [7, 11) is 2.64. The van der Waals surface area contributed by atoms with Gasteiger partial charge in [-0.2, -0.15) is 10.2 Å². The minimum Gasteiger partial charge on any atom is -0.495 e. The molecule has 1 heterocycles. The lowest BCUT2D eigenvalue weighted by atomic mass is 10.2. The van der Waals surface area contributed by atoms with Crippen LogP contribution in [-0.2, 0) is 9.92 Å². The van der Waals surface area contributed by atoms with Crippen LogP contribution in [0.2, 0.25) is 0 Å². The Morgan fingerprint density at radius 1 is 1.31 bits per heavy atom. The van der Waals surface area contributed by atoms with Crippen molar-refractivity contribution in [2.75, 3.05) is 33.6 Å². The largest absolute Gasteiger partial charge is 0.495 e. The molecular weight excluding hydrogens is 416 g/mol. The topological polar surface area (TPSA) is 140 Å². The summed E-state index contributed by atoms with van der Waals surface area (Å²) >= 11 is 1.27. The molecule has 0 radical (unpaired) electrons. The molecule has 29 heavy (non-hydrogen) atoms. The van der Waals surface area contributed by atoms with Crippen molar-refractivity contribution in [2.45, 2.75) is 9.79 Å². The number of rotatable bonds is 7. The molecule has 1 atom stereocenters. The number of pyridine rings is 1. The first-order valence-electron chi connectivity index (χ1n) is 8.06. The van der Waals surface area contributed by atoms with Crippen molar-refractivity contribution in [1.82, 2.24) is 14.0 Å². The maximum absolute atomic E-state index is 12.9. The summed E-state index contributed by atoms with van der Waals surface area (Å²) < 4.78 is 35.2. The summed E-state index contributed by atoms with van der Waals surface area (Å²) in [6, 6.07) is 8.90. The summed E-state index contributed by atoms with van der Waals surface area (Å²) in [6.07, 6.45) is 0. The number of hydrogen-bond acceptors (Lipinski definition) is 9. The molecule has 1 aromatic carbocycles. The number of ether oxygens (including phenoxy) is 2. The van der Waals surface area contributed by atoms with Gasteiger partial charge in [0.25, 0.3) is 0 Å². The molecule has 0 spiro atoms. The summed E-state index contributed by atoms with van der Waals surface area (Å²) in [4.78, 5) is 17.2. The highest BCUT2D eigenvalue weighted by molar-refractivity contribution is 7.98. The standard InChI is InChI=1S/C17H20N6O4S2/c1-23(2)28-13-7-5-6-8-14(13)29(19,25)22-17(24)21-16-11(10-18)12(26-3)9-15(20-16)27-4/h5-9H,1-4H3,(H3,19,20,21,22,24,25). The normalized spacial score (nSPS) is 12.6. The quantitative estimate of drug-likeness (QED) is 0.563. The molecule has 3 N–H and O–H groups in total. The monoisotopic (exact) mass is 436 g/mol. The van der Waals surface area contributed by atoms with Crippen LogP contribution in [0.4, 0.5) is 10.6 Å². The maximum Gasteiger partial charge on any atom is 0.333 e. The molecule has 0 saturated heterocycles. The van der Waals surface area contributed by atoms with Crippen molar-refractivity contribution in [2.24, 2.45) is 0 Å². The van der Waals surface area contributed by atoms with Gasteiger partial charge in [-0.1, -0.05) is 12.1 Å². The summed E-state index contributed by atoms with van der Waals surface area (Å²) in [6.45, 7) is 0. The molecule has 154 valence electrons. The Kier molecular flexibility index (Phi) is 7.27. The van der Waals surface area contributed by atoms with Crippen LogP contribution in [-0.4, -0.2) is 47.8 Å². The number of aromatic nitrogens is 1. The molecule has 2 aromatic rings. The predicted octanol–water partition coefficient (Wildman–Crippen LogP) is 2.68. The molecule has 0 fully saturated rings. The number of nitriles is 1. The van der Waals surface area contributed by atoms with Crippen molar-refractivity contribution in [1.29, 1.82) is 10.0 Å². The number of carbonyl (C=O) groups excluding carboxylic acids is 1. The number of urea groups is 1. The molecule has 0 bridgehead atoms. The number of benzene rings is 1. The van der Waals surface area contributed by atoms with Crippen LogP contribution < -0.4 is 19.5 Å². The van der Waals surface area contributed by atoms with Gasteiger partial charge in [-0.25, -0.2) is 18.5 Å². The van der Waals surface area contributed by atoms with E-state index in [1.54, 1.807) is 36.6 Å². The molecule has 0 saturated carbocycles. The number of amides is 2. The second-order valence-corrected chi connectivity index (χ2v) is 8.77. The van der Waals surface area contributed by atoms with Crippen LogP contribution in [0, 0.1) is 16.1 Å². The highest BCUT2D eigenvalue weighted by Gasteiger charge is 2.21. The molecule has 1 unspecified atom stereocenters. The predicted molar refractivity (Wildman–Crippen MR) is 109 cm³/mol. The first-order chi connectivity index (χ1) is 13.7. The minimum absolute atomic E-state index is 0.0384. The number of nitrogens with zero attached hydrogens (tertiary/aromatic N) is 3. The SMILES string of the molecule is COc1cc(OC)c(C#N)c(NC(=O)NS(=N)(=O)c2ccccc2SN(C)C)n1. The molecule has 0 aliphatic rings. The molecule has 1 aromatic heterocycles. The van der Waals surface area contributed by atoms with Gasteiger partial charge in [-0.05, 0) is 38.2 Å². The van der Waals surface area contributed by atoms with Crippen LogP contribution >= 0.6 is 11.9 Å². The molecule has 10 nitrogen and oxygen atoms in total. The summed E-state index contributed by atoms with van der Waals surface area (Å²) in [5, 5.41) is 11.7. The van der Waals surface area contributed by atoms with E-state index in [1.807, 2.05) is 6.07 Å². The van der Waals surface area contributed by atoms with Crippen molar-refractivity contribution in [3.05, 3.63) is 35.9 Å². The van der Waals surface area contributed by atoms with Crippen molar-refractivity contribution < 1.29 is 18.5 Å². The van der Waals surface area contributed by atoms with E-state index >= 15 is 0 Å². The van der Waals surface area contributed by atoms with Crippen molar-refractivity contribution in [3.63, 3.8) is 0 Å². The highest BCUT2D eigenvalue weighted by atomic mass is 32.2. The zero-order valence-corrected chi connectivity index (χ0v) is 17.8. The average molecular weight is 437 g/mol. The van der Waals surface area contributed by atoms with Crippen LogP contribution in [0.1, 0.15) is 5.56 Å². The zero-order valence-electron chi connectivity index (χ0n) is 16.2. The van der Waals surface area contributed by atoms with Crippen molar-refractivity contribution >= 4 is 33.7 Å². The fourth-order valence-corrected chi connectivity index (χ4v) is 4.44. The molecule has 12 heteroatoms. The Morgan fingerprint density at radius 2 is 2.00 bits per heavy atom. The van der Waals surface area contributed by atoms with Gasteiger partial charge >= 0.3 is 6.03 Å². The van der Waals surface area contributed by atoms with E-state index in [-0.39, 0.29) is 27.9 Å². The fraction of sp³-hybridized carbons (Fsp3) is 0.235. The third-order valence-corrected chi connectivity index (χ3v) is 5.90. The molecule has 0 aliphatic heterocycles. The van der Waals surface area contributed by atoms with Gasteiger partial charge in [0.1, 0.15) is 17.4 Å². The molecule has 0 aliphatic carbocycles. The third-order valence-electron chi connectivity index (χ3n) is 3.41. The Bertz CT molecular complexity index is 1050. The Balaban J connectivity index is 2.31. The van der Waals surface area contributed by atoms with Gasteiger partial charge in [0.05, 0.1) is 19.1 Å². The van der Waals surface area contributed by atoms with Gasteiger partial charge in [0.15, 0.2) is 15.7 Å². The van der Waals surface area contributed by atoms with E-state index in [2.05, 4.69) is 15.0 Å². The number of carbonyl (C=O) groups is 1. The average Bonchev–Trinajstić information content (AvgIpc) is 2.66. The van der Waals surface area contributed by atoms with E-state index in [0.29, 0.717) is 4.90 Å². The van der Waals surface area contributed by atoms with E-state index in [0.717, 1.165) is 0 Å². The molecular formula is C17H20N6O4S2. The number of hydrogen-bond donors (Lipinski definition) is 3. The maximum atomic E-state index is 12.9. The highest BCUT2D eigenvalue weighted by Crippen LogP contribution is 2.29. The van der Waals surface area contributed by atoms with Crippen LogP contribution in [0.25, 0.3) is 0 Å². The minimum atomic E-state index is -3.69. The smallest absolute Gasteiger partial charge is 0.333 e. The first kappa shape index (κ1) is 22.3. The van der Waals surface area contributed by atoms with E-state index < -0.39 is 15.9 Å². The van der Waals surface area contributed by atoms with Gasteiger partial charge in [0, 0.05) is 11.0 Å². The first-order valence-corrected chi connectivity index (χ1v) is 10.4. The van der Waals surface area contributed by atoms with E-state index in [1.165, 1.54) is 38.3 Å². The lowest BCUT2D eigenvalue weighted by molar-refractivity contribution is 0.256. The Hall–Kier alpha value is -3.01. The number of anilines is 1. The lowest BCUT2D eigenvalue weighted by Gasteiger charge is -2.16. The molecule has 2 rings (SSSR count). The van der Waals surface area contributed by atoms with E-state index in [4.69, 9.17) is 14.3 Å². The number of nitrogens with one attached hydrogen (secondary N) is 3. The van der Waals surface area contributed by atoms with Crippen molar-refractivity contribution in [3.8, 4) is 17.7 Å². The van der Waals surface area contributed by atoms with Gasteiger partial charge in [-0.3, -0.25) is 9.62 Å². The molecule has 2 amide bonds. The second kappa shape index (κ2) is 9.46. The summed E-state index contributed by atoms with van der Waals surface area (Å²) in [5.74, 6) is 0.108. The lowest BCUT2D eigenvalue weighted by Crippen LogP contribution is -2.34. The fourth-order valence-electron chi connectivity index (χ4n) is 2.24. The Labute approximate surface area is 173 Å².